The van der Waals surface area contributed by atoms with Crippen LogP contribution in [0.25, 0.3) is 11.0 Å². The molecule has 0 N–H and O–H groups in total. The summed E-state index contributed by atoms with van der Waals surface area (Å²) in [5, 5.41) is 8.36. The number of hydrogen-bond acceptors (Lipinski definition) is 4. The molecular weight excluding hydrogens is 230 g/mol. The van der Waals surface area contributed by atoms with Gasteiger partial charge in [-0.15, -0.1) is 5.10 Å². The van der Waals surface area contributed by atoms with Crippen LogP contribution in [0, 0.1) is 0 Å². The molecule has 3 rings (SSSR count). The van der Waals surface area contributed by atoms with Gasteiger partial charge in [0.05, 0.1) is 24.2 Å². The van der Waals surface area contributed by atoms with E-state index in [4.69, 9.17) is 4.74 Å². The van der Waals surface area contributed by atoms with Crippen LogP contribution in [0.2, 0.25) is 0 Å². The smallest absolute Gasteiger partial charge is 0.337 e. The topological polar surface area (TPSA) is 57.0 Å². The lowest BCUT2D eigenvalue weighted by molar-refractivity contribution is 0.0601. The first-order valence-corrected chi connectivity index (χ1v) is 6.23. The second kappa shape index (κ2) is 4.40. The maximum absolute atomic E-state index is 11.4. The van der Waals surface area contributed by atoms with Crippen molar-refractivity contribution >= 4 is 17.0 Å². The third-order valence-corrected chi connectivity index (χ3v) is 3.56. The van der Waals surface area contributed by atoms with E-state index >= 15 is 0 Å². The van der Waals surface area contributed by atoms with Crippen molar-refractivity contribution in [2.75, 3.05) is 7.11 Å². The number of nitrogens with zero attached hydrogens (tertiary/aromatic N) is 3. The fourth-order valence-corrected chi connectivity index (χ4v) is 2.61. The molecule has 0 unspecified atom stereocenters. The standard InChI is InChI=1S/C13H15N3O2/c1-18-13(17)9-6-7-12-11(8-9)14-15-16(12)10-4-2-3-5-10/h6-8,10H,2-5H2,1H3. The fourth-order valence-electron chi connectivity index (χ4n) is 2.61. The van der Waals surface area contributed by atoms with E-state index in [-0.39, 0.29) is 5.97 Å². The van der Waals surface area contributed by atoms with Gasteiger partial charge in [-0.2, -0.15) is 0 Å². The molecule has 0 radical (unpaired) electrons. The SMILES string of the molecule is COC(=O)c1ccc2c(c1)nnn2C1CCCC1. The van der Waals surface area contributed by atoms with Gasteiger partial charge in [0.1, 0.15) is 5.52 Å². The number of fused-ring (bicyclic) bond motifs is 1. The molecule has 2 aromatic rings. The maximum atomic E-state index is 11.4. The van der Waals surface area contributed by atoms with Gasteiger partial charge in [0.2, 0.25) is 0 Å². The number of ether oxygens (including phenoxy) is 1. The number of carbonyl (C=O) groups is 1. The van der Waals surface area contributed by atoms with Crippen molar-refractivity contribution in [3.05, 3.63) is 23.8 Å². The first-order chi connectivity index (χ1) is 8.79. The van der Waals surface area contributed by atoms with E-state index in [1.807, 2.05) is 10.7 Å². The van der Waals surface area contributed by atoms with Crippen LogP contribution in [0.5, 0.6) is 0 Å². The summed E-state index contributed by atoms with van der Waals surface area (Å²) in [4.78, 5) is 11.4. The Hall–Kier alpha value is -1.91. The first kappa shape index (κ1) is 11.2. The van der Waals surface area contributed by atoms with Gasteiger partial charge >= 0.3 is 5.97 Å². The number of esters is 1. The summed E-state index contributed by atoms with van der Waals surface area (Å²) in [5.74, 6) is -0.340. The Labute approximate surface area is 105 Å². The van der Waals surface area contributed by atoms with Gasteiger partial charge in [0, 0.05) is 0 Å². The van der Waals surface area contributed by atoms with Gasteiger partial charge in [0.15, 0.2) is 0 Å². The third kappa shape index (κ3) is 1.75. The lowest BCUT2D eigenvalue weighted by atomic mass is 10.2. The van der Waals surface area contributed by atoms with Crippen molar-refractivity contribution in [1.29, 1.82) is 0 Å². The Bertz CT molecular complexity index is 585. The van der Waals surface area contributed by atoms with Crippen LogP contribution in [-0.4, -0.2) is 28.1 Å². The van der Waals surface area contributed by atoms with Crippen LogP contribution in [0.4, 0.5) is 0 Å². The highest BCUT2D eigenvalue weighted by Crippen LogP contribution is 2.31. The molecule has 94 valence electrons. The predicted molar refractivity (Wildman–Crippen MR) is 66.4 cm³/mol. The lowest BCUT2D eigenvalue weighted by Crippen LogP contribution is -2.06. The fraction of sp³-hybridized carbons (Fsp3) is 0.462. The van der Waals surface area contributed by atoms with Crippen LogP contribution < -0.4 is 0 Å². The molecule has 0 atom stereocenters. The molecule has 1 aromatic heterocycles. The molecule has 1 fully saturated rings. The van der Waals surface area contributed by atoms with Gasteiger partial charge in [-0.25, -0.2) is 9.48 Å². The van der Waals surface area contributed by atoms with E-state index in [2.05, 4.69) is 10.3 Å². The minimum Gasteiger partial charge on any atom is -0.465 e. The average Bonchev–Trinajstić information content (AvgIpc) is 3.05. The number of benzene rings is 1. The Kier molecular flexibility index (Phi) is 2.74. The Balaban J connectivity index is 2.02. The molecule has 1 aromatic carbocycles. The molecule has 0 saturated heterocycles. The highest BCUT2D eigenvalue weighted by atomic mass is 16.5. The quantitative estimate of drug-likeness (QED) is 0.762. The molecule has 1 heterocycles. The summed E-state index contributed by atoms with van der Waals surface area (Å²) < 4.78 is 6.69. The van der Waals surface area contributed by atoms with Crippen molar-refractivity contribution in [1.82, 2.24) is 15.0 Å². The van der Waals surface area contributed by atoms with Crippen molar-refractivity contribution in [2.45, 2.75) is 31.7 Å². The van der Waals surface area contributed by atoms with E-state index in [0.29, 0.717) is 11.6 Å². The minimum absolute atomic E-state index is 0.340. The van der Waals surface area contributed by atoms with Crippen LogP contribution in [-0.2, 0) is 4.74 Å². The summed E-state index contributed by atoms with van der Waals surface area (Å²) >= 11 is 0. The molecule has 1 aliphatic carbocycles. The summed E-state index contributed by atoms with van der Waals surface area (Å²) in [6.07, 6.45) is 4.84. The minimum atomic E-state index is -0.340. The summed E-state index contributed by atoms with van der Waals surface area (Å²) in [6, 6.07) is 5.86. The van der Waals surface area contributed by atoms with Crippen molar-refractivity contribution in [3.8, 4) is 0 Å². The van der Waals surface area contributed by atoms with Crippen LogP contribution in [0.3, 0.4) is 0 Å². The largest absolute Gasteiger partial charge is 0.465 e. The molecule has 0 spiro atoms. The van der Waals surface area contributed by atoms with Gasteiger partial charge in [-0.05, 0) is 31.0 Å². The number of methoxy groups -OCH3 is 1. The maximum Gasteiger partial charge on any atom is 0.337 e. The molecule has 1 aliphatic rings. The monoisotopic (exact) mass is 245 g/mol. The molecule has 1 saturated carbocycles. The van der Waals surface area contributed by atoms with Crippen molar-refractivity contribution in [2.24, 2.45) is 0 Å². The third-order valence-electron chi connectivity index (χ3n) is 3.56. The number of rotatable bonds is 2. The number of hydrogen-bond donors (Lipinski definition) is 0. The Morgan fingerprint density at radius 3 is 2.89 bits per heavy atom. The molecule has 0 amide bonds. The summed E-state index contributed by atoms with van der Waals surface area (Å²) in [6.45, 7) is 0. The molecule has 5 nitrogen and oxygen atoms in total. The number of carbonyl (C=O) groups excluding carboxylic acids is 1. The van der Waals surface area contributed by atoms with Gasteiger partial charge in [-0.1, -0.05) is 18.1 Å². The zero-order chi connectivity index (χ0) is 12.5. The predicted octanol–water partition coefficient (Wildman–Crippen LogP) is 2.33. The van der Waals surface area contributed by atoms with E-state index in [1.165, 1.54) is 20.0 Å². The van der Waals surface area contributed by atoms with Crippen LogP contribution >= 0.6 is 0 Å². The molecule has 0 bridgehead atoms. The summed E-state index contributed by atoms with van der Waals surface area (Å²) in [5.41, 5.74) is 2.27. The molecular formula is C13H15N3O2. The molecule has 0 aliphatic heterocycles. The number of aromatic nitrogens is 3. The zero-order valence-corrected chi connectivity index (χ0v) is 10.3. The van der Waals surface area contributed by atoms with Gasteiger partial charge in [-0.3, -0.25) is 0 Å². The second-order valence-electron chi connectivity index (χ2n) is 4.67. The van der Waals surface area contributed by atoms with E-state index in [1.54, 1.807) is 12.1 Å². The van der Waals surface area contributed by atoms with Crippen molar-refractivity contribution < 1.29 is 9.53 Å². The van der Waals surface area contributed by atoms with Crippen LogP contribution in [0.15, 0.2) is 18.2 Å². The molecule has 18 heavy (non-hydrogen) atoms. The normalized spacial score (nSPS) is 16.3. The second-order valence-corrected chi connectivity index (χ2v) is 4.67. The highest BCUT2D eigenvalue weighted by molar-refractivity contribution is 5.93. The van der Waals surface area contributed by atoms with E-state index in [0.717, 1.165) is 23.9 Å². The first-order valence-electron chi connectivity index (χ1n) is 6.23. The zero-order valence-electron chi connectivity index (χ0n) is 10.3. The lowest BCUT2D eigenvalue weighted by Gasteiger charge is -2.09. The van der Waals surface area contributed by atoms with Crippen molar-refractivity contribution in [3.63, 3.8) is 0 Å². The van der Waals surface area contributed by atoms with E-state index < -0.39 is 0 Å². The van der Waals surface area contributed by atoms with Gasteiger partial charge < -0.3 is 4.74 Å². The van der Waals surface area contributed by atoms with E-state index in [9.17, 15) is 4.79 Å². The Morgan fingerprint density at radius 1 is 1.39 bits per heavy atom. The molecule has 5 heteroatoms. The average molecular weight is 245 g/mol. The highest BCUT2D eigenvalue weighted by Gasteiger charge is 2.20. The van der Waals surface area contributed by atoms with Crippen LogP contribution in [0.1, 0.15) is 42.1 Å². The Morgan fingerprint density at radius 2 is 2.17 bits per heavy atom. The van der Waals surface area contributed by atoms with Gasteiger partial charge in [0.25, 0.3) is 0 Å². The summed E-state index contributed by atoms with van der Waals surface area (Å²) in [7, 11) is 1.38.